The predicted molar refractivity (Wildman–Crippen MR) is 132 cm³/mol. The summed E-state index contributed by atoms with van der Waals surface area (Å²) in [6.07, 6.45) is 1.74. The van der Waals surface area contributed by atoms with Crippen molar-refractivity contribution in [3.63, 3.8) is 0 Å². The topological polar surface area (TPSA) is 63.1 Å². The average molecular weight is 446 g/mol. The Labute approximate surface area is 194 Å². The summed E-state index contributed by atoms with van der Waals surface area (Å²) in [5.41, 5.74) is 5.38. The lowest BCUT2D eigenvalue weighted by molar-refractivity contribution is 0.630. The van der Waals surface area contributed by atoms with Crippen molar-refractivity contribution >= 4 is 16.6 Å². The first-order valence-electron chi connectivity index (χ1n) is 10.9. The van der Waals surface area contributed by atoms with Crippen molar-refractivity contribution in [2.24, 2.45) is 0 Å². The number of nitrogens with one attached hydrogen (secondary N) is 1. The third-order valence-corrected chi connectivity index (χ3v) is 6.06. The van der Waals surface area contributed by atoms with E-state index in [9.17, 15) is 9.18 Å². The van der Waals surface area contributed by atoms with Crippen LogP contribution in [0.3, 0.4) is 0 Å². The van der Waals surface area contributed by atoms with Gasteiger partial charge in [-0.25, -0.2) is 4.39 Å². The first kappa shape index (κ1) is 20.1. The second kappa shape index (κ2) is 7.78. The molecule has 0 saturated heterocycles. The summed E-state index contributed by atoms with van der Waals surface area (Å²) >= 11 is 0. The van der Waals surface area contributed by atoms with Gasteiger partial charge in [0.2, 0.25) is 0 Å². The standard InChI is InChI=1S/C28H19FN4O/c1-17-24(20-13-14-23-19(16-20)10-7-15-30-23)28(34)33-27(31-17)25(18-8-3-2-4-9-18)26(32-33)21-11-5-6-12-22(21)29/h2-16,31H,1H3. The molecule has 5 nitrogen and oxygen atoms in total. The molecule has 164 valence electrons. The van der Waals surface area contributed by atoms with Crippen molar-refractivity contribution in [1.82, 2.24) is 19.6 Å². The lowest BCUT2D eigenvalue weighted by Crippen LogP contribution is -2.19. The van der Waals surface area contributed by atoms with Crippen LogP contribution in [-0.4, -0.2) is 19.6 Å². The zero-order valence-electron chi connectivity index (χ0n) is 18.3. The van der Waals surface area contributed by atoms with Gasteiger partial charge in [0.1, 0.15) is 17.2 Å². The molecule has 0 atom stereocenters. The molecule has 3 aromatic heterocycles. The van der Waals surface area contributed by atoms with Crippen LogP contribution in [0.5, 0.6) is 0 Å². The highest BCUT2D eigenvalue weighted by Crippen LogP contribution is 2.36. The highest BCUT2D eigenvalue weighted by atomic mass is 19.1. The number of halogens is 1. The second-order valence-corrected chi connectivity index (χ2v) is 8.17. The Balaban J connectivity index is 1.68. The van der Waals surface area contributed by atoms with Crippen molar-refractivity contribution in [2.45, 2.75) is 6.92 Å². The number of fused-ring (bicyclic) bond motifs is 2. The van der Waals surface area contributed by atoms with Crippen molar-refractivity contribution in [3.05, 3.63) is 113 Å². The van der Waals surface area contributed by atoms with Crippen LogP contribution < -0.4 is 5.56 Å². The first-order valence-corrected chi connectivity index (χ1v) is 10.9. The Bertz CT molecular complexity index is 1750. The van der Waals surface area contributed by atoms with Crippen LogP contribution in [0.2, 0.25) is 0 Å². The molecule has 6 aromatic rings. The lowest BCUT2D eigenvalue weighted by atomic mass is 10.0. The van der Waals surface area contributed by atoms with E-state index in [1.807, 2.05) is 67.6 Å². The van der Waals surface area contributed by atoms with E-state index in [0.29, 0.717) is 33.7 Å². The summed E-state index contributed by atoms with van der Waals surface area (Å²) < 4.78 is 16.2. The van der Waals surface area contributed by atoms with E-state index in [-0.39, 0.29) is 5.56 Å². The van der Waals surface area contributed by atoms with E-state index in [2.05, 4.69) is 15.1 Å². The number of hydrogen-bond acceptors (Lipinski definition) is 3. The number of benzene rings is 3. The van der Waals surface area contributed by atoms with Gasteiger partial charge in [-0.2, -0.15) is 9.61 Å². The molecule has 3 aromatic carbocycles. The number of rotatable bonds is 3. The molecular formula is C28H19FN4O. The van der Waals surface area contributed by atoms with E-state index in [4.69, 9.17) is 0 Å². The van der Waals surface area contributed by atoms with Crippen molar-refractivity contribution < 1.29 is 4.39 Å². The number of H-pyrrole nitrogens is 1. The van der Waals surface area contributed by atoms with E-state index in [1.165, 1.54) is 10.6 Å². The molecule has 0 radical (unpaired) electrons. The van der Waals surface area contributed by atoms with Crippen molar-refractivity contribution in [1.29, 1.82) is 0 Å². The molecule has 6 rings (SSSR count). The maximum atomic E-state index is 14.8. The van der Waals surface area contributed by atoms with Crippen LogP contribution in [0, 0.1) is 12.7 Å². The number of aromatic amines is 1. The van der Waals surface area contributed by atoms with Gasteiger partial charge in [0.05, 0.1) is 16.6 Å². The van der Waals surface area contributed by atoms with Gasteiger partial charge in [-0.15, -0.1) is 0 Å². The van der Waals surface area contributed by atoms with Crippen LogP contribution in [0.1, 0.15) is 5.69 Å². The molecule has 0 unspecified atom stereocenters. The minimum atomic E-state index is -0.394. The number of nitrogens with zero attached hydrogens (tertiary/aromatic N) is 3. The largest absolute Gasteiger partial charge is 0.343 e. The first-order chi connectivity index (χ1) is 16.6. The Morgan fingerprint density at radius 1 is 0.853 bits per heavy atom. The zero-order chi connectivity index (χ0) is 23.2. The van der Waals surface area contributed by atoms with Gasteiger partial charge >= 0.3 is 0 Å². The Kier molecular flexibility index (Phi) is 4.59. The molecule has 0 aliphatic carbocycles. The van der Waals surface area contributed by atoms with E-state index < -0.39 is 5.82 Å². The summed E-state index contributed by atoms with van der Waals surface area (Å²) in [6.45, 7) is 1.87. The maximum Gasteiger partial charge on any atom is 0.282 e. The Morgan fingerprint density at radius 3 is 2.47 bits per heavy atom. The molecular weight excluding hydrogens is 427 g/mol. The molecule has 0 aliphatic rings. The molecule has 6 heteroatoms. The number of aromatic nitrogens is 4. The summed E-state index contributed by atoms with van der Waals surface area (Å²) in [7, 11) is 0. The molecule has 0 aliphatic heterocycles. The average Bonchev–Trinajstić information content (AvgIpc) is 3.24. The normalized spacial score (nSPS) is 11.4. The predicted octanol–water partition coefficient (Wildman–Crippen LogP) is 6.02. The van der Waals surface area contributed by atoms with E-state index >= 15 is 0 Å². The van der Waals surface area contributed by atoms with Gasteiger partial charge in [0, 0.05) is 22.8 Å². The second-order valence-electron chi connectivity index (χ2n) is 8.17. The van der Waals surface area contributed by atoms with Crippen LogP contribution in [-0.2, 0) is 0 Å². The van der Waals surface area contributed by atoms with Gasteiger partial charge < -0.3 is 4.98 Å². The lowest BCUT2D eigenvalue weighted by Gasteiger charge is -2.09. The van der Waals surface area contributed by atoms with Crippen LogP contribution in [0.25, 0.3) is 50.1 Å². The van der Waals surface area contributed by atoms with Gasteiger partial charge in [0.25, 0.3) is 5.56 Å². The molecule has 0 amide bonds. The fraction of sp³-hybridized carbons (Fsp3) is 0.0357. The Morgan fingerprint density at radius 2 is 1.65 bits per heavy atom. The molecule has 1 N–H and O–H groups in total. The van der Waals surface area contributed by atoms with Gasteiger partial charge in [-0.1, -0.05) is 54.6 Å². The summed E-state index contributed by atoms with van der Waals surface area (Å²) in [5, 5.41) is 5.57. The summed E-state index contributed by atoms with van der Waals surface area (Å²) in [6, 6.07) is 25.6. The smallest absolute Gasteiger partial charge is 0.282 e. The number of pyridine rings is 1. The SMILES string of the molecule is Cc1[nH]c2c(-c3ccccc3)c(-c3ccccc3F)nn2c(=O)c1-c1ccc2ncccc2c1. The van der Waals surface area contributed by atoms with E-state index in [1.54, 1.807) is 24.4 Å². The molecule has 0 saturated carbocycles. The molecule has 3 heterocycles. The monoisotopic (exact) mass is 446 g/mol. The van der Waals surface area contributed by atoms with E-state index in [0.717, 1.165) is 22.0 Å². The Hall–Kier alpha value is -4.58. The van der Waals surface area contributed by atoms with Crippen molar-refractivity contribution in [3.8, 4) is 33.5 Å². The quantitative estimate of drug-likeness (QED) is 0.362. The highest BCUT2D eigenvalue weighted by molar-refractivity contribution is 5.91. The summed E-state index contributed by atoms with van der Waals surface area (Å²) in [4.78, 5) is 21.5. The number of hydrogen-bond donors (Lipinski definition) is 1. The van der Waals surface area contributed by atoms with Crippen molar-refractivity contribution in [2.75, 3.05) is 0 Å². The van der Waals surface area contributed by atoms with Crippen LogP contribution >= 0.6 is 0 Å². The number of aryl methyl sites for hydroxylation is 1. The fourth-order valence-corrected chi connectivity index (χ4v) is 4.48. The zero-order valence-corrected chi connectivity index (χ0v) is 18.3. The van der Waals surface area contributed by atoms with Gasteiger partial charge in [-0.3, -0.25) is 9.78 Å². The molecule has 0 bridgehead atoms. The van der Waals surface area contributed by atoms with Gasteiger partial charge in [0.15, 0.2) is 0 Å². The minimum absolute atomic E-state index is 0.269. The third-order valence-electron chi connectivity index (χ3n) is 6.06. The maximum absolute atomic E-state index is 14.8. The minimum Gasteiger partial charge on any atom is -0.343 e. The summed E-state index contributed by atoms with van der Waals surface area (Å²) in [5.74, 6) is -0.394. The van der Waals surface area contributed by atoms with Crippen LogP contribution in [0.4, 0.5) is 4.39 Å². The molecule has 0 spiro atoms. The molecule has 0 fully saturated rings. The molecule has 34 heavy (non-hydrogen) atoms. The third kappa shape index (κ3) is 3.11. The highest BCUT2D eigenvalue weighted by Gasteiger charge is 2.23. The fourth-order valence-electron chi connectivity index (χ4n) is 4.48. The van der Waals surface area contributed by atoms with Crippen LogP contribution in [0.15, 0.2) is 95.9 Å². The van der Waals surface area contributed by atoms with Gasteiger partial charge in [-0.05, 0) is 48.4 Å².